The maximum atomic E-state index is 12.5. The van der Waals surface area contributed by atoms with E-state index in [2.05, 4.69) is 10.5 Å². The van der Waals surface area contributed by atoms with E-state index in [4.69, 9.17) is 4.52 Å². The topological polar surface area (TPSA) is 92.5 Å². The summed E-state index contributed by atoms with van der Waals surface area (Å²) in [6, 6.07) is 21.3. The molecule has 0 unspecified atom stereocenters. The first kappa shape index (κ1) is 19.7. The third kappa shape index (κ3) is 3.54. The highest BCUT2D eigenvalue weighted by atomic mass is 16.5. The van der Waals surface area contributed by atoms with E-state index in [0.29, 0.717) is 29.7 Å². The smallest absolute Gasteiger partial charge is 0.261 e. The second-order valence-electron chi connectivity index (χ2n) is 7.57. The van der Waals surface area contributed by atoms with E-state index < -0.39 is 0 Å². The number of hydrogen-bond acceptors (Lipinski definition) is 5. The lowest BCUT2D eigenvalue weighted by atomic mass is 10.1. The predicted octanol–water partition coefficient (Wildman–Crippen LogP) is 3.60. The van der Waals surface area contributed by atoms with E-state index >= 15 is 0 Å². The Bertz CT molecular complexity index is 1310. The van der Waals surface area contributed by atoms with E-state index in [1.165, 1.54) is 4.90 Å². The summed E-state index contributed by atoms with van der Waals surface area (Å²) in [5, 5.41) is 7.89. The molecule has 5 rings (SSSR count). The van der Waals surface area contributed by atoms with Crippen molar-refractivity contribution in [3.05, 3.63) is 101 Å². The van der Waals surface area contributed by atoms with Gasteiger partial charge in [-0.3, -0.25) is 19.3 Å². The standard InChI is InChI=1S/C25H19N3O4/c29-23(26-14-13-21-20-7-3-4-8-22(20)32-27-21)17-11-9-16(10-12-17)15-28-24(30)18-5-1-2-6-19(18)25(28)31/h1-12H,13-15H2,(H,26,29). The van der Waals surface area contributed by atoms with Crippen LogP contribution in [0.25, 0.3) is 11.0 Å². The number of para-hydroxylation sites is 1. The number of nitrogens with zero attached hydrogens (tertiary/aromatic N) is 2. The highest BCUT2D eigenvalue weighted by Crippen LogP contribution is 2.24. The zero-order valence-electron chi connectivity index (χ0n) is 17.1. The second-order valence-corrected chi connectivity index (χ2v) is 7.57. The van der Waals surface area contributed by atoms with Crippen molar-refractivity contribution in [2.75, 3.05) is 6.54 Å². The third-order valence-electron chi connectivity index (χ3n) is 5.53. The molecule has 7 heteroatoms. The van der Waals surface area contributed by atoms with Crippen LogP contribution in [0.1, 0.15) is 42.3 Å². The van der Waals surface area contributed by atoms with E-state index in [-0.39, 0.29) is 24.3 Å². The number of benzene rings is 3. The molecule has 4 aromatic rings. The van der Waals surface area contributed by atoms with E-state index in [9.17, 15) is 14.4 Å². The van der Waals surface area contributed by atoms with Crippen LogP contribution in [0.15, 0.2) is 77.3 Å². The van der Waals surface area contributed by atoms with Crippen LogP contribution in [-0.2, 0) is 13.0 Å². The van der Waals surface area contributed by atoms with Crippen LogP contribution in [0, 0.1) is 0 Å². The summed E-state index contributed by atoms with van der Waals surface area (Å²) in [6.45, 7) is 0.583. The Labute approximate surface area is 183 Å². The Balaban J connectivity index is 1.19. The molecule has 0 spiro atoms. The maximum absolute atomic E-state index is 12.5. The fourth-order valence-corrected chi connectivity index (χ4v) is 3.84. The molecule has 1 aromatic heterocycles. The predicted molar refractivity (Wildman–Crippen MR) is 117 cm³/mol. The lowest BCUT2D eigenvalue weighted by molar-refractivity contribution is 0.0641. The van der Waals surface area contributed by atoms with Gasteiger partial charge in [-0.1, -0.05) is 41.6 Å². The van der Waals surface area contributed by atoms with Crippen LogP contribution in [0.4, 0.5) is 0 Å². The first-order chi connectivity index (χ1) is 15.6. The zero-order valence-corrected chi connectivity index (χ0v) is 17.1. The number of amides is 3. The van der Waals surface area contributed by atoms with Gasteiger partial charge in [-0.2, -0.15) is 0 Å². The number of carbonyl (C=O) groups is 3. The van der Waals surface area contributed by atoms with Crippen molar-refractivity contribution in [2.45, 2.75) is 13.0 Å². The molecule has 0 radical (unpaired) electrons. The first-order valence-corrected chi connectivity index (χ1v) is 10.3. The summed E-state index contributed by atoms with van der Waals surface area (Å²) in [4.78, 5) is 38.7. The molecular weight excluding hydrogens is 406 g/mol. The quantitative estimate of drug-likeness (QED) is 0.477. The molecule has 0 saturated heterocycles. The van der Waals surface area contributed by atoms with Crippen LogP contribution in [0.5, 0.6) is 0 Å². The van der Waals surface area contributed by atoms with Gasteiger partial charge in [-0.25, -0.2) is 0 Å². The molecule has 2 heterocycles. The van der Waals surface area contributed by atoms with Gasteiger partial charge in [0.1, 0.15) is 0 Å². The molecule has 0 atom stereocenters. The lowest BCUT2D eigenvalue weighted by Crippen LogP contribution is -2.29. The molecule has 1 N–H and O–H groups in total. The van der Waals surface area contributed by atoms with Gasteiger partial charge >= 0.3 is 0 Å². The van der Waals surface area contributed by atoms with Crippen molar-refractivity contribution < 1.29 is 18.9 Å². The fourth-order valence-electron chi connectivity index (χ4n) is 3.84. The van der Waals surface area contributed by atoms with Crippen LogP contribution < -0.4 is 5.32 Å². The van der Waals surface area contributed by atoms with Crippen molar-refractivity contribution >= 4 is 28.7 Å². The largest absolute Gasteiger partial charge is 0.356 e. The lowest BCUT2D eigenvalue weighted by Gasteiger charge is -2.14. The van der Waals surface area contributed by atoms with Gasteiger partial charge in [-0.15, -0.1) is 0 Å². The molecule has 158 valence electrons. The molecule has 32 heavy (non-hydrogen) atoms. The molecule has 0 fully saturated rings. The van der Waals surface area contributed by atoms with Crippen molar-refractivity contribution in [1.29, 1.82) is 0 Å². The van der Waals surface area contributed by atoms with Gasteiger partial charge in [0.15, 0.2) is 5.58 Å². The molecule has 0 bridgehead atoms. The Morgan fingerprint density at radius 2 is 1.53 bits per heavy atom. The van der Waals surface area contributed by atoms with Gasteiger partial charge in [0, 0.05) is 23.9 Å². The number of carbonyl (C=O) groups excluding carboxylic acids is 3. The monoisotopic (exact) mass is 425 g/mol. The third-order valence-corrected chi connectivity index (χ3v) is 5.53. The average Bonchev–Trinajstić information content (AvgIpc) is 3.34. The van der Waals surface area contributed by atoms with E-state index in [1.807, 2.05) is 24.3 Å². The number of nitrogens with one attached hydrogen (secondary N) is 1. The normalized spacial score (nSPS) is 12.9. The minimum Gasteiger partial charge on any atom is -0.356 e. The van der Waals surface area contributed by atoms with Gasteiger partial charge in [0.05, 0.1) is 23.4 Å². The van der Waals surface area contributed by atoms with Gasteiger partial charge in [0.2, 0.25) is 0 Å². The van der Waals surface area contributed by atoms with Crippen LogP contribution in [0.3, 0.4) is 0 Å². The maximum Gasteiger partial charge on any atom is 0.261 e. The Kier molecular flexibility index (Phi) is 4.99. The molecule has 3 amide bonds. The highest BCUT2D eigenvalue weighted by molar-refractivity contribution is 6.21. The second kappa shape index (κ2) is 8.11. The molecular formula is C25H19N3O4. The highest BCUT2D eigenvalue weighted by Gasteiger charge is 2.34. The van der Waals surface area contributed by atoms with Crippen LogP contribution >= 0.6 is 0 Å². The molecule has 0 saturated carbocycles. The van der Waals surface area contributed by atoms with Crippen molar-refractivity contribution in [3.8, 4) is 0 Å². The van der Waals surface area contributed by atoms with Crippen molar-refractivity contribution in [3.63, 3.8) is 0 Å². The summed E-state index contributed by atoms with van der Waals surface area (Å²) < 4.78 is 5.28. The van der Waals surface area contributed by atoms with Crippen molar-refractivity contribution in [1.82, 2.24) is 15.4 Å². The zero-order chi connectivity index (χ0) is 22.1. The Morgan fingerprint density at radius 3 is 2.25 bits per heavy atom. The number of rotatable bonds is 6. The summed E-state index contributed by atoms with van der Waals surface area (Å²) in [6.07, 6.45) is 0.556. The summed E-state index contributed by atoms with van der Waals surface area (Å²) >= 11 is 0. The first-order valence-electron chi connectivity index (χ1n) is 10.3. The van der Waals surface area contributed by atoms with Gasteiger partial charge in [0.25, 0.3) is 17.7 Å². The van der Waals surface area contributed by atoms with E-state index in [1.54, 1.807) is 48.5 Å². The van der Waals surface area contributed by atoms with Gasteiger partial charge < -0.3 is 9.84 Å². The number of aromatic nitrogens is 1. The van der Waals surface area contributed by atoms with Gasteiger partial charge in [-0.05, 0) is 42.0 Å². The number of imide groups is 1. The van der Waals surface area contributed by atoms with Crippen LogP contribution in [0.2, 0.25) is 0 Å². The van der Waals surface area contributed by atoms with E-state index in [0.717, 1.165) is 22.2 Å². The average molecular weight is 425 g/mol. The van der Waals surface area contributed by atoms with Crippen molar-refractivity contribution in [2.24, 2.45) is 0 Å². The number of fused-ring (bicyclic) bond motifs is 2. The molecule has 1 aliphatic rings. The SMILES string of the molecule is O=C(NCCc1noc2ccccc12)c1ccc(CN2C(=O)c3ccccc3C2=O)cc1. The summed E-state index contributed by atoms with van der Waals surface area (Å²) in [5.41, 5.74) is 3.65. The Hall–Kier alpha value is -4.26. The summed E-state index contributed by atoms with van der Waals surface area (Å²) in [5.74, 6) is -0.800. The minimum absolute atomic E-state index is 0.160. The number of hydrogen-bond donors (Lipinski definition) is 1. The Morgan fingerprint density at radius 1 is 0.875 bits per heavy atom. The minimum atomic E-state index is -0.298. The fraction of sp³-hybridized carbons (Fsp3) is 0.120. The molecule has 0 aliphatic carbocycles. The molecule has 7 nitrogen and oxygen atoms in total. The molecule has 3 aromatic carbocycles. The summed E-state index contributed by atoms with van der Waals surface area (Å²) in [7, 11) is 0. The van der Waals surface area contributed by atoms with Crippen LogP contribution in [-0.4, -0.2) is 34.3 Å². The molecule has 1 aliphatic heterocycles.